The summed E-state index contributed by atoms with van der Waals surface area (Å²) in [5.41, 5.74) is 5.28. The van der Waals surface area contributed by atoms with Gasteiger partial charge in [0, 0.05) is 11.6 Å². The summed E-state index contributed by atoms with van der Waals surface area (Å²) >= 11 is 11.9. The number of nitrogens with two attached hydrogens (primary N) is 1. The van der Waals surface area contributed by atoms with E-state index in [2.05, 4.69) is 5.32 Å². The Kier molecular flexibility index (Phi) is 6.32. The van der Waals surface area contributed by atoms with E-state index in [1.807, 2.05) is 20.8 Å². The molecule has 0 heterocycles. The number of rotatable bonds is 6. The Morgan fingerprint density at radius 3 is 2.48 bits per heavy atom. The topological polar surface area (TPSA) is 64.3 Å². The molecule has 0 radical (unpaired) electrons. The zero-order valence-corrected chi connectivity index (χ0v) is 14.3. The first-order valence-corrected chi connectivity index (χ1v) is 7.59. The van der Waals surface area contributed by atoms with Crippen molar-refractivity contribution in [2.24, 2.45) is 11.7 Å². The summed E-state index contributed by atoms with van der Waals surface area (Å²) in [5.74, 6) is 0.392. The van der Waals surface area contributed by atoms with Crippen LogP contribution in [0, 0.1) is 5.92 Å². The number of carbonyl (C=O) groups is 1. The molecule has 0 bridgehead atoms. The molecule has 6 heteroatoms. The first-order chi connectivity index (χ1) is 9.69. The Morgan fingerprint density at radius 2 is 2.00 bits per heavy atom. The molecule has 0 aliphatic heterocycles. The fourth-order valence-corrected chi connectivity index (χ4v) is 2.08. The summed E-state index contributed by atoms with van der Waals surface area (Å²) in [6, 6.07) is 4.87. The molecule has 3 N–H and O–H groups in total. The minimum atomic E-state index is -0.687. The average Bonchev–Trinajstić information content (AvgIpc) is 2.41. The summed E-state index contributed by atoms with van der Waals surface area (Å²) in [4.78, 5) is 12.2. The third-order valence-electron chi connectivity index (χ3n) is 3.67. The van der Waals surface area contributed by atoms with Gasteiger partial charge in [0.25, 0.3) is 5.91 Å². The number of ether oxygens (including phenoxy) is 1. The molecule has 0 saturated carbocycles. The zero-order chi connectivity index (χ0) is 16.2. The van der Waals surface area contributed by atoms with Crippen LogP contribution in [0.3, 0.4) is 0 Å². The molecule has 0 fully saturated rings. The standard InChI is InChI=1S/C15H22Cl2N2O2/c1-9(2)15(4,8-18)19-14(20)10(3)21-13-6-5-11(16)7-12(13)17/h5-7,9-10H,8,18H2,1-4H3,(H,19,20). The van der Waals surface area contributed by atoms with Crippen molar-refractivity contribution in [3.63, 3.8) is 0 Å². The van der Waals surface area contributed by atoms with E-state index in [1.165, 1.54) is 0 Å². The molecule has 1 aromatic carbocycles. The van der Waals surface area contributed by atoms with E-state index < -0.39 is 11.6 Å². The van der Waals surface area contributed by atoms with Gasteiger partial charge in [-0.15, -0.1) is 0 Å². The van der Waals surface area contributed by atoms with Crippen molar-refractivity contribution in [3.05, 3.63) is 28.2 Å². The van der Waals surface area contributed by atoms with Crippen molar-refractivity contribution >= 4 is 29.1 Å². The van der Waals surface area contributed by atoms with E-state index in [0.29, 0.717) is 22.3 Å². The second kappa shape index (κ2) is 7.34. The summed E-state index contributed by atoms with van der Waals surface area (Å²) in [5, 5.41) is 3.82. The SMILES string of the molecule is CC(Oc1ccc(Cl)cc1Cl)C(=O)NC(C)(CN)C(C)C. The van der Waals surface area contributed by atoms with Crippen molar-refractivity contribution in [2.75, 3.05) is 6.54 Å². The largest absolute Gasteiger partial charge is 0.479 e. The van der Waals surface area contributed by atoms with Crippen molar-refractivity contribution in [1.29, 1.82) is 0 Å². The van der Waals surface area contributed by atoms with Crippen molar-refractivity contribution in [2.45, 2.75) is 39.3 Å². The predicted molar refractivity (Wildman–Crippen MR) is 87.0 cm³/mol. The molecule has 0 saturated heterocycles. The maximum atomic E-state index is 12.2. The molecule has 0 aliphatic carbocycles. The Hall–Kier alpha value is -0.970. The van der Waals surface area contributed by atoms with Gasteiger partial charge in [0.15, 0.2) is 6.10 Å². The Labute approximate surface area is 135 Å². The summed E-state index contributed by atoms with van der Waals surface area (Å²) in [6.45, 7) is 7.95. The van der Waals surface area contributed by atoms with Crippen LogP contribution in [0.1, 0.15) is 27.7 Å². The van der Waals surface area contributed by atoms with Gasteiger partial charge in [-0.3, -0.25) is 4.79 Å². The van der Waals surface area contributed by atoms with Crippen LogP contribution in [0.4, 0.5) is 0 Å². The Morgan fingerprint density at radius 1 is 1.38 bits per heavy atom. The third kappa shape index (κ3) is 4.77. The fourth-order valence-electron chi connectivity index (χ4n) is 1.63. The molecular formula is C15H22Cl2N2O2. The number of hydrogen-bond donors (Lipinski definition) is 2. The molecular weight excluding hydrogens is 311 g/mol. The second-order valence-corrected chi connectivity index (χ2v) is 6.44. The van der Waals surface area contributed by atoms with Crippen LogP contribution in [0.5, 0.6) is 5.75 Å². The molecule has 21 heavy (non-hydrogen) atoms. The Bertz CT molecular complexity index is 508. The first kappa shape index (κ1) is 18.1. The van der Waals surface area contributed by atoms with Gasteiger partial charge in [0.05, 0.1) is 10.6 Å². The first-order valence-electron chi connectivity index (χ1n) is 6.83. The minimum Gasteiger partial charge on any atom is -0.479 e. The maximum absolute atomic E-state index is 12.2. The van der Waals surface area contributed by atoms with Gasteiger partial charge in [-0.05, 0) is 38.0 Å². The van der Waals surface area contributed by atoms with Gasteiger partial charge in [0.1, 0.15) is 5.75 Å². The van der Waals surface area contributed by atoms with Crippen LogP contribution in [-0.2, 0) is 4.79 Å². The normalized spacial score (nSPS) is 15.4. The molecule has 0 spiro atoms. The van der Waals surface area contributed by atoms with Gasteiger partial charge in [-0.2, -0.15) is 0 Å². The summed E-state index contributed by atoms with van der Waals surface area (Å²) in [7, 11) is 0. The lowest BCUT2D eigenvalue weighted by molar-refractivity contribution is -0.129. The summed E-state index contributed by atoms with van der Waals surface area (Å²) < 4.78 is 5.59. The quantitative estimate of drug-likeness (QED) is 0.840. The molecule has 0 aliphatic rings. The highest BCUT2D eigenvalue weighted by Gasteiger charge is 2.30. The number of nitrogens with one attached hydrogen (secondary N) is 1. The highest BCUT2D eigenvalue weighted by atomic mass is 35.5. The van der Waals surface area contributed by atoms with E-state index in [4.69, 9.17) is 33.7 Å². The van der Waals surface area contributed by atoms with Crippen molar-refractivity contribution < 1.29 is 9.53 Å². The van der Waals surface area contributed by atoms with E-state index in [9.17, 15) is 4.79 Å². The number of carbonyl (C=O) groups excluding carboxylic acids is 1. The second-order valence-electron chi connectivity index (χ2n) is 5.60. The fraction of sp³-hybridized carbons (Fsp3) is 0.533. The van der Waals surface area contributed by atoms with Crippen LogP contribution in [-0.4, -0.2) is 24.1 Å². The lowest BCUT2D eigenvalue weighted by Gasteiger charge is -2.34. The number of halogens is 2. The van der Waals surface area contributed by atoms with Gasteiger partial charge < -0.3 is 15.8 Å². The third-order valence-corrected chi connectivity index (χ3v) is 4.20. The average molecular weight is 333 g/mol. The Balaban J connectivity index is 2.75. The zero-order valence-electron chi connectivity index (χ0n) is 12.7. The highest BCUT2D eigenvalue weighted by molar-refractivity contribution is 6.35. The smallest absolute Gasteiger partial charge is 0.261 e. The van der Waals surface area contributed by atoms with E-state index >= 15 is 0 Å². The molecule has 118 valence electrons. The van der Waals surface area contributed by atoms with Crippen molar-refractivity contribution in [1.82, 2.24) is 5.32 Å². The summed E-state index contributed by atoms with van der Waals surface area (Å²) in [6.07, 6.45) is -0.687. The number of benzene rings is 1. The van der Waals surface area contributed by atoms with Crippen LogP contribution < -0.4 is 15.8 Å². The van der Waals surface area contributed by atoms with E-state index in [0.717, 1.165) is 0 Å². The highest BCUT2D eigenvalue weighted by Crippen LogP contribution is 2.28. The minimum absolute atomic E-state index is 0.206. The van der Waals surface area contributed by atoms with E-state index in [-0.39, 0.29) is 11.8 Å². The molecule has 1 rings (SSSR count). The molecule has 1 aromatic rings. The van der Waals surface area contributed by atoms with Crippen LogP contribution in [0.2, 0.25) is 10.0 Å². The van der Waals surface area contributed by atoms with Gasteiger partial charge in [-0.1, -0.05) is 37.0 Å². The number of amides is 1. The van der Waals surface area contributed by atoms with Gasteiger partial charge in [-0.25, -0.2) is 0 Å². The van der Waals surface area contributed by atoms with Gasteiger partial charge >= 0.3 is 0 Å². The van der Waals surface area contributed by atoms with Crippen LogP contribution in [0.15, 0.2) is 18.2 Å². The van der Waals surface area contributed by atoms with Crippen LogP contribution >= 0.6 is 23.2 Å². The lowest BCUT2D eigenvalue weighted by Crippen LogP contribution is -2.57. The maximum Gasteiger partial charge on any atom is 0.261 e. The molecule has 1 amide bonds. The number of hydrogen-bond acceptors (Lipinski definition) is 3. The molecule has 2 atom stereocenters. The van der Waals surface area contributed by atoms with Crippen molar-refractivity contribution in [3.8, 4) is 5.75 Å². The monoisotopic (exact) mass is 332 g/mol. The molecule has 0 aromatic heterocycles. The van der Waals surface area contributed by atoms with Crippen LogP contribution in [0.25, 0.3) is 0 Å². The molecule has 4 nitrogen and oxygen atoms in total. The molecule has 2 unspecified atom stereocenters. The predicted octanol–water partition coefficient (Wildman–Crippen LogP) is 3.25. The van der Waals surface area contributed by atoms with E-state index in [1.54, 1.807) is 25.1 Å². The van der Waals surface area contributed by atoms with Gasteiger partial charge in [0.2, 0.25) is 0 Å². The lowest BCUT2D eigenvalue weighted by atomic mass is 9.88.